The molecular formula is C26H24N2OSi. The Morgan fingerprint density at radius 3 is 2.33 bits per heavy atom. The molecule has 0 saturated carbocycles. The maximum Gasteiger partial charge on any atom is 0.156 e. The molecule has 0 N–H and O–H groups in total. The number of aryl methyl sites for hydroxylation is 2. The van der Waals surface area contributed by atoms with Crippen LogP contribution in [0.4, 0.5) is 0 Å². The van der Waals surface area contributed by atoms with Gasteiger partial charge in [-0.05, 0) is 49.4 Å². The Balaban J connectivity index is 1.57. The number of hydrogen-bond donors (Lipinski definition) is 0. The van der Waals surface area contributed by atoms with Gasteiger partial charge in [-0.1, -0.05) is 54.7 Å². The van der Waals surface area contributed by atoms with Gasteiger partial charge in [0.05, 0.1) is 11.4 Å². The van der Waals surface area contributed by atoms with Crippen LogP contribution in [0.1, 0.15) is 11.4 Å². The highest BCUT2D eigenvalue weighted by Crippen LogP contribution is 2.33. The van der Waals surface area contributed by atoms with Crippen LogP contribution in [-0.2, 0) is 0 Å². The van der Waals surface area contributed by atoms with E-state index in [2.05, 4.69) is 84.9 Å². The van der Waals surface area contributed by atoms with Gasteiger partial charge in [-0.15, -0.1) is 0 Å². The highest BCUT2D eigenvalue weighted by Gasteiger charge is 2.26. The van der Waals surface area contributed by atoms with E-state index in [4.69, 9.17) is 9.40 Å². The third-order valence-corrected chi connectivity index (χ3v) is 9.54. The highest BCUT2D eigenvalue weighted by molar-refractivity contribution is 7.00. The molecule has 2 aromatic carbocycles. The Hall–Kier alpha value is -3.24. The maximum absolute atomic E-state index is 6.06. The zero-order valence-corrected chi connectivity index (χ0v) is 18.7. The van der Waals surface area contributed by atoms with Crippen LogP contribution in [0.15, 0.2) is 77.3 Å². The van der Waals surface area contributed by atoms with E-state index in [-0.39, 0.29) is 0 Å². The van der Waals surface area contributed by atoms with Crippen molar-refractivity contribution in [3.05, 3.63) is 84.3 Å². The first-order valence-corrected chi connectivity index (χ1v) is 13.3. The molecule has 4 heteroatoms. The molecule has 0 aliphatic rings. The average molecular weight is 409 g/mol. The Kier molecular flexibility index (Phi) is 4.33. The van der Waals surface area contributed by atoms with Gasteiger partial charge in [-0.25, -0.2) is 0 Å². The Morgan fingerprint density at radius 2 is 1.60 bits per heavy atom. The van der Waals surface area contributed by atoms with Crippen LogP contribution >= 0.6 is 0 Å². The van der Waals surface area contributed by atoms with Crippen molar-refractivity contribution in [3.8, 4) is 11.3 Å². The highest BCUT2D eigenvalue weighted by atomic mass is 28.3. The van der Waals surface area contributed by atoms with E-state index in [0.717, 1.165) is 44.6 Å². The van der Waals surface area contributed by atoms with Gasteiger partial charge < -0.3 is 4.42 Å². The van der Waals surface area contributed by atoms with E-state index in [9.17, 15) is 0 Å². The first-order chi connectivity index (χ1) is 14.4. The second kappa shape index (κ2) is 6.92. The molecule has 0 aliphatic heterocycles. The van der Waals surface area contributed by atoms with Crippen molar-refractivity contribution in [2.24, 2.45) is 0 Å². The van der Waals surface area contributed by atoms with Crippen LogP contribution in [0.2, 0.25) is 13.1 Å². The Bertz CT molecular complexity index is 1370. The molecule has 148 valence electrons. The molecule has 5 aromatic rings. The summed E-state index contributed by atoms with van der Waals surface area (Å²) in [4.78, 5) is 9.37. The number of hydrogen-bond acceptors (Lipinski definition) is 3. The minimum absolute atomic E-state index is 0.867. The van der Waals surface area contributed by atoms with Crippen LogP contribution in [-0.4, -0.2) is 18.0 Å². The predicted octanol–water partition coefficient (Wildman–Crippen LogP) is 5.48. The fourth-order valence-electron chi connectivity index (χ4n) is 4.20. The molecule has 30 heavy (non-hydrogen) atoms. The standard InChI is InChI=1S/C26H24N2OSi/c1-17-14-23-22-15-19(10-13-25(22)29-26(23)18(2)28-17)24-12-11-21(16-27-24)30(3,4)20-8-6-5-7-9-20/h5-16H,1-4H3. The molecule has 5 rings (SSSR count). The molecule has 0 amide bonds. The summed E-state index contributed by atoms with van der Waals surface area (Å²) in [5, 5.41) is 4.99. The molecular weight excluding hydrogens is 384 g/mol. The molecule has 0 aliphatic carbocycles. The lowest BCUT2D eigenvalue weighted by molar-refractivity contribution is 0.662. The summed E-state index contributed by atoms with van der Waals surface area (Å²) in [6, 6.07) is 23.6. The fourth-order valence-corrected chi connectivity index (χ4v) is 6.45. The summed E-state index contributed by atoms with van der Waals surface area (Å²) in [5.74, 6) is 0. The van der Waals surface area contributed by atoms with E-state index in [1.54, 1.807) is 0 Å². The molecule has 0 spiro atoms. The number of pyridine rings is 2. The number of nitrogens with zero attached hydrogens (tertiary/aromatic N) is 2. The average Bonchev–Trinajstić information content (AvgIpc) is 3.13. The van der Waals surface area contributed by atoms with Crippen LogP contribution in [0.5, 0.6) is 0 Å². The summed E-state index contributed by atoms with van der Waals surface area (Å²) in [6.07, 6.45) is 2.06. The minimum Gasteiger partial charge on any atom is -0.454 e. The van der Waals surface area contributed by atoms with Crippen molar-refractivity contribution >= 4 is 40.4 Å². The smallest absolute Gasteiger partial charge is 0.156 e. The van der Waals surface area contributed by atoms with Gasteiger partial charge in [0.1, 0.15) is 13.7 Å². The van der Waals surface area contributed by atoms with Crippen molar-refractivity contribution < 1.29 is 4.42 Å². The van der Waals surface area contributed by atoms with Crippen LogP contribution in [0.3, 0.4) is 0 Å². The van der Waals surface area contributed by atoms with Crippen molar-refractivity contribution in [2.75, 3.05) is 0 Å². The lowest BCUT2D eigenvalue weighted by Gasteiger charge is -2.23. The van der Waals surface area contributed by atoms with Gasteiger partial charge >= 0.3 is 0 Å². The fraction of sp³-hybridized carbons (Fsp3) is 0.154. The number of rotatable bonds is 3. The molecule has 3 nitrogen and oxygen atoms in total. The largest absolute Gasteiger partial charge is 0.454 e. The lowest BCUT2D eigenvalue weighted by Crippen LogP contribution is -2.52. The van der Waals surface area contributed by atoms with Crippen LogP contribution < -0.4 is 10.4 Å². The van der Waals surface area contributed by atoms with E-state index in [1.807, 2.05) is 19.9 Å². The number of fused-ring (bicyclic) bond motifs is 3. The van der Waals surface area contributed by atoms with Crippen molar-refractivity contribution in [1.29, 1.82) is 0 Å². The zero-order chi connectivity index (χ0) is 20.9. The quantitative estimate of drug-likeness (QED) is 0.371. The summed E-state index contributed by atoms with van der Waals surface area (Å²) in [5.41, 5.74) is 5.77. The zero-order valence-electron chi connectivity index (χ0n) is 17.7. The van der Waals surface area contributed by atoms with Gasteiger partial charge in [-0.3, -0.25) is 9.97 Å². The molecule has 0 unspecified atom stereocenters. The van der Waals surface area contributed by atoms with Crippen molar-refractivity contribution in [3.63, 3.8) is 0 Å². The van der Waals surface area contributed by atoms with E-state index in [1.165, 1.54) is 10.4 Å². The number of benzene rings is 2. The predicted molar refractivity (Wildman–Crippen MR) is 127 cm³/mol. The normalized spacial score (nSPS) is 12.0. The Labute approximate surface area is 177 Å². The second-order valence-corrected chi connectivity index (χ2v) is 12.9. The van der Waals surface area contributed by atoms with E-state index < -0.39 is 8.07 Å². The van der Waals surface area contributed by atoms with Gasteiger partial charge in [0.25, 0.3) is 0 Å². The lowest BCUT2D eigenvalue weighted by atomic mass is 10.1. The van der Waals surface area contributed by atoms with Gasteiger partial charge in [0.2, 0.25) is 0 Å². The van der Waals surface area contributed by atoms with Gasteiger partial charge in [-0.2, -0.15) is 0 Å². The number of furan rings is 1. The first-order valence-electron chi connectivity index (χ1n) is 10.3. The summed E-state index contributed by atoms with van der Waals surface area (Å²) in [6.45, 7) is 8.77. The minimum atomic E-state index is -1.75. The van der Waals surface area contributed by atoms with Gasteiger partial charge in [0, 0.05) is 28.2 Å². The molecule has 0 atom stereocenters. The van der Waals surface area contributed by atoms with E-state index >= 15 is 0 Å². The number of aromatic nitrogens is 2. The monoisotopic (exact) mass is 408 g/mol. The molecule has 3 aromatic heterocycles. The molecule has 0 saturated heterocycles. The van der Waals surface area contributed by atoms with Crippen LogP contribution in [0, 0.1) is 13.8 Å². The van der Waals surface area contributed by atoms with Gasteiger partial charge in [0.15, 0.2) is 5.58 Å². The molecule has 0 radical (unpaired) electrons. The van der Waals surface area contributed by atoms with Crippen LogP contribution in [0.25, 0.3) is 33.2 Å². The molecule has 3 heterocycles. The van der Waals surface area contributed by atoms with E-state index in [0.29, 0.717) is 0 Å². The SMILES string of the molecule is Cc1cc2c(oc3ccc(-c4ccc([Si](C)(C)c5ccccc5)cn4)cc32)c(C)n1. The summed E-state index contributed by atoms with van der Waals surface area (Å²) < 4.78 is 6.06. The molecule has 0 bridgehead atoms. The topological polar surface area (TPSA) is 38.9 Å². The third-order valence-electron chi connectivity index (χ3n) is 6.03. The molecule has 0 fully saturated rings. The summed E-state index contributed by atoms with van der Waals surface area (Å²) in [7, 11) is -1.75. The Morgan fingerprint density at radius 1 is 0.800 bits per heavy atom. The van der Waals surface area contributed by atoms with Crippen molar-refractivity contribution in [1.82, 2.24) is 9.97 Å². The second-order valence-electron chi connectivity index (χ2n) is 8.46. The third kappa shape index (κ3) is 3.04. The van der Waals surface area contributed by atoms with Crippen molar-refractivity contribution in [2.45, 2.75) is 26.9 Å². The first kappa shape index (κ1) is 18.8. The summed E-state index contributed by atoms with van der Waals surface area (Å²) >= 11 is 0. The maximum atomic E-state index is 6.06.